The second kappa shape index (κ2) is 11.5. The van der Waals surface area contributed by atoms with Gasteiger partial charge in [0.1, 0.15) is 28.6 Å². The van der Waals surface area contributed by atoms with E-state index >= 15 is 0 Å². The lowest BCUT2D eigenvalue weighted by Gasteiger charge is -2.44. The van der Waals surface area contributed by atoms with Crippen LogP contribution < -0.4 is 21.5 Å². The number of amides is 3. The van der Waals surface area contributed by atoms with Crippen LogP contribution in [0.5, 0.6) is 5.75 Å². The molecular weight excluding hydrogens is 539 g/mol. The molecule has 42 heavy (non-hydrogen) atoms. The number of nitrogen functional groups attached to an aromatic ring is 1. The van der Waals surface area contributed by atoms with Crippen molar-refractivity contribution in [3.8, 4) is 17.0 Å². The maximum Gasteiger partial charge on any atom is 0.255 e. The molecule has 0 spiro atoms. The van der Waals surface area contributed by atoms with Crippen molar-refractivity contribution >= 4 is 23.5 Å². The topological polar surface area (TPSA) is 146 Å². The average Bonchev–Trinajstić information content (AvgIpc) is 3.31. The van der Waals surface area contributed by atoms with Crippen molar-refractivity contribution in [1.29, 1.82) is 0 Å². The summed E-state index contributed by atoms with van der Waals surface area (Å²) < 4.78 is 20.5. The highest BCUT2D eigenvalue weighted by Crippen LogP contribution is 2.46. The second-order valence-electron chi connectivity index (χ2n) is 12.0. The van der Waals surface area contributed by atoms with Crippen LogP contribution in [-0.4, -0.2) is 52.6 Å². The first-order valence-electron chi connectivity index (χ1n) is 14.1. The third kappa shape index (κ3) is 5.81. The lowest BCUT2D eigenvalue weighted by atomic mass is 9.64. The summed E-state index contributed by atoms with van der Waals surface area (Å²) in [5.74, 6) is -0.854. The molecule has 1 saturated heterocycles. The van der Waals surface area contributed by atoms with Gasteiger partial charge in [-0.25, -0.2) is 9.07 Å². The number of methoxy groups -OCH3 is 1. The number of carbonyl (C=O) groups is 3. The third-order valence-corrected chi connectivity index (χ3v) is 8.35. The number of likely N-dealkylation sites (tertiary alicyclic amines) is 1. The van der Waals surface area contributed by atoms with E-state index in [0.717, 1.165) is 24.5 Å². The Hall–Kier alpha value is -4.41. The fourth-order valence-corrected chi connectivity index (χ4v) is 6.12. The number of aromatic nitrogens is 2. The molecule has 10 nitrogen and oxygen atoms in total. The van der Waals surface area contributed by atoms with Crippen molar-refractivity contribution in [3.05, 3.63) is 65.0 Å². The Morgan fingerprint density at radius 1 is 1.10 bits per heavy atom. The first-order valence-corrected chi connectivity index (χ1v) is 14.1. The zero-order valence-corrected chi connectivity index (χ0v) is 24.2. The predicted octanol–water partition coefficient (Wildman–Crippen LogP) is 3.91. The van der Waals surface area contributed by atoms with Crippen LogP contribution in [-0.2, 0) is 11.3 Å². The molecule has 0 unspecified atom stereocenters. The molecule has 0 radical (unpaired) electrons. The predicted molar refractivity (Wildman–Crippen MR) is 156 cm³/mol. The van der Waals surface area contributed by atoms with E-state index in [1.807, 2.05) is 4.90 Å². The Labute approximate surface area is 244 Å². The molecule has 3 amide bonds. The van der Waals surface area contributed by atoms with Crippen molar-refractivity contribution in [2.75, 3.05) is 25.9 Å². The molecule has 0 bridgehead atoms. The molecule has 1 aromatic heterocycles. The number of carbonyl (C=O) groups excluding carboxylic acids is 3. The van der Waals surface area contributed by atoms with E-state index in [1.54, 1.807) is 28.9 Å². The van der Waals surface area contributed by atoms with Crippen LogP contribution in [0.1, 0.15) is 71.9 Å². The van der Waals surface area contributed by atoms with Gasteiger partial charge in [-0.2, -0.15) is 5.10 Å². The van der Waals surface area contributed by atoms with E-state index in [1.165, 1.54) is 19.2 Å². The number of piperidine rings is 1. The van der Waals surface area contributed by atoms with Crippen LogP contribution in [0.4, 0.5) is 10.2 Å². The van der Waals surface area contributed by atoms with Gasteiger partial charge < -0.3 is 26.4 Å². The smallest absolute Gasteiger partial charge is 0.255 e. The van der Waals surface area contributed by atoms with E-state index in [2.05, 4.69) is 19.2 Å². The van der Waals surface area contributed by atoms with E-state index < -0.39 is 17.6 Å². The molecule has 0 atom stereocenters. The highest BCUT2D eigenvalue weighted by Gasteiger charge is 2.42. The quantitative estimate of drug-likeness (QED) is 0.371. The summed E-state index contributed by atoms with van der Waals surface area (Å²) >= 11 is 0. The van der Waals surface area contributed by atoms with Gasteiger partial charge in [-0.3, -0.25) is 14.4 Å². The zero-order chi connectivity index (χ0) is 30.2. The van der Waals surface area contributed by atoms with Crippen LogP contribution >= 0.6 is 0 Å². The van der Waals surface area contributed by atoms with Gasteiger partial charge in [-0.15, -0.1) is 0 Å². The average molecular weight is 577 g/mol. The molecular formula is C31H37FN6O4. The van der Waals surface area contributed by atoms with Gasteiger partial charge in [0.2, 0.25) is 5.91 Å². The Balaban J connectivity index is 1.26. The fourth-order valence-electron chi connectivity index (χ4n) is 6.12. The summed E-state index contributed by atoms with van der Waals surface area (Å²) in [6, 6.07) is 10.8. The number of ether oxygens (including phenoxy) is 1. The molecule has 5 rings (SSSR count). The molecule has 2 aliphatic rings. The van der Waals surface area contributed by atoms with Gasteiger partial charge in [-0.05, 0) is 54.9 Å². The minimum Gasteiger partial charge on any atom is -0.496 e. The molecule has 1 aliphatic heterocycles. The number of hydrogen-bond donors (Lipinski definition) is 3. The number of primary amides is 1. The number of rotatable bonds is 8. The van der Waals surface area contributed by atoms with Gasteiger partial charge in [0.05, 0.1) is 18.7 Å². The molecule has 1 aliphatic carbocycles. The highest BCUT2D eigenvalue weighted by molar-refractivity contribution is 6.03. The summed E-state index contributed by atoms with van der Waals surface area (Å²) in [6.45, 7) is 5.80. The summed E-state index contributed by atoms with van der Waals surface area (Å²) in [7, 11) is 1.41. The summed E-state index contributed by atoms with van der Waals surface area (Å²) in [4.78, 5) is 39.9. The van der Waals surface area contributed by atoms with E-state index in [-0.39, 0.29) is 52.5 Å². The molecule has 11 heteroatoms. The van der Waals surface area contributed by atoms with Gasteiger partial charge >= 0.3 is 0 Å². The van der Waals surface area contributed by atoms with E-state index in [9.17, 15) is 18.8 Å². The van der Waals surface area contributed by atoms with Gasteiger partial charge in [-0.1, -0.05) is 38.1 Å². The Morgan fingerprint density at radius 2 is 1.76 bits per heavy atom. The number of nitrogens with two attached hydrogens (primary N) is 2. The van der Waals surface area contributed by atoms with Crippen molar-refractivity contribution in [1.82, 2.24) is 20.0 Å². The third-order valence-electron chi connectivity index (χ3n) is 8.35. The first-order chi connectivity index (χ1) is 20.0. The van der Waals surface area contributed by atoms with Gasteiger partial charge in [0.15, 0.2) is 0 Å². The van der Waals surface area contributed by atoms with Crippen molar-refractivity contribution < 1.29 is 23.5 Å². The zero-order valence-electron chi connectivity index (χ0n) is 24.2. The normalized spacial score (nSPS) is 17.0. The SMILES string of the molecule is COc1ccc(F)cc1C(=O)NCc1ccc(-c2nn(C3CCN(C(=O)C4CC(C)(C)C4)CC3)c(N)c2C(N)=O)cc1. The van der Waals surface area contributed by atoms with Crippen molar-refractivity contribution in [2.45, 2.75) is 52.1 Å². The fraction of sp³-hybridized carbons (Fsp3) is 0.419. The Kier molecular flexibility index (Phi) is 7.94. The molecule has 1 saturated carbocycles. The maximum absolute atomic E-state index is 13.7. The number of nitrogens with one attached hydrogen (secondary N) is 1. The number of benzene rings is 2. The van der Waals surface area contributed by atoms with Gasteiger partial charge in [0, 0.05) is 31.1 Å². The Morgan fingerprint density at radius 3 is 2.36 bits per heavy atom. The monoisotopic (exact) mass is 576 g/mol. The molecule has 2 heterocycles. The van der Waals surface area contributed by atoms with Crippen LogP contribution in [0.2, 0.25) is 0 Å². The van der Waals surface area contributed by atoms with E-state index in [4.69, 9.17) is 21.3 Å². The van der Waals surface area contributed by atoms with Crippen LogP contribution in [0.3, 0.4) is 0 Å². The number of anilines is 1. The van der Waals surface area contributed by atoms with Crippen LogP contribution in [0.15, 0.2) is 42.5 Å². The van der Waals surface area contributed by atoms with E-state index in [0.29, 0.717) is 37.2 Å². The molecule has 5 N–H and O–H groups in total. The van der Waals surface area contributed by atoms with Crippen molar-refractivity contribution in [3.63, 3.8) is 0 Å². The molecule has 2 fully saturated rings. The van der Waals surface area contributed by atoms with Crippen molar-refractivity contribution in [2.24, 2.45) is 17.1 Å². The molecule has 2 aromatic carbocycles. The largest absolute Gasteiger partial charge is 0.496 e. The second-order valence-corrected chi connectivity index (χ2v) is 12.0. The highest BCUT2D eigenvalue weighted by atomic mass is 19.1. The first kappa shape index (κ1) is 29.1. The lowest BCUT2D eigenvalue weighted by molar-refractivity contribution is -0.143. The lowest BCUT2D eigenvalue weighted by Crippen LogP contribution is -2.47. The maximum atomic E-state index is 13.7. The Bertz CT molecular complexity index is 1500. The molecule has 3 aromatic rings. The minimum absolute atomic E-state index is 0.0620. The summed E-state index contributed by atoms with van der Waals surface area (Å²) in [5, 5.41) is 7.48. The number of hydrogen-bond acceptors (Lipinski definition) is 6. The van der Waals surface area contributed by atoms with Crippen LogP contribution in [0.25, 0.3) is 11.3 Å². The number of halogens is 1. The number of nitrogens with zero attached hydrogens (tertiary/aromatic N) is 3. The molecule has 222 valence electrons. The standard InChI is InChI=1S/C31H37FN6O4/c1-31(2)15-20(16-31)30(41)37-12-10-22(11-13-37)38-27(33)25(28(34)39)26(36-38)19-6-4-18(5-7-19)17-35-29(40)23-14-21(32)8-9-24(23)42-3/h4-9,14,20,22H,10-13,15-17,33H2,1-3H3,(H2,34,39)(H,35,40). The summed E-state index contributed by atoms with van der Waals surface area (Å²) in [5.41, 5.74) is 14.5. The van der Waals surface area contributed by atoms with Gasteiger partial charge in [0.25, 0.3) is 11.8 Å². The van der Waals surface area contributed by atoms with Crippen LogP contribution in [0, 0.1) is 17.2 Å². The minimum atomic E-state index is -0.672. The summed E-state index contributed by atoms with van der Waals surface area (Å²) in [6.07, 6.45) is 3.21.